The van der Waals surface area contributed by atoms with E-state index in [4.69, 9.17) is 4.89 Å². The van der Waals surface area contributed by atoms with Crippen LogP contribution in [0, 0.1) is 0 Å². The Balaban J connectivity index is 2.24. The fourth-order valence-corrected chi connectivity index (χ4v) is 3.22. The summed E-state index contributed by atoms with van der Waals surface area (Å²) >= 11 is 0. The van der Waals surface area contributed by atoms with Gasteiger partial charge in [0.05, 0.1) is 16.4 Å². The maximum atomic E-state index is 12.3. The Morgan fingerprint density at radius 2 is 1.50 bits per heavy atom. The van der Waals surface area contributed by atoms with E-state index >= 15 is 0 Å². The van der Waals surface area contributed by atoms with Crippen molar-refractivity contribution in [1.29, 1.82) is 0 Å². The molecular weight excluding hydrogens is 299 g/mol. The minimum absolute atomic E-state index is 0.0278. The van der Waals surface area contributed by atoms with Crippen LogP contribution in [0.25, 0.3) is 0 Å². The third-order valence-corrected chi connectivity index (χ3v) is 4.83. The average molecular weight is 312 g/mol. The third kappa shape index (κ3) is 3.55. The van der Waals surface area contributed by atoms with Crippen molar-refractivity contribution in [1.82, 2.24) is 0 Å². The van der Waals surface area contributed by atoms with Gasteiger partial charge in [0.2, 0.25) is 9.84 Å². The van der Waals surface area contributed by atoms with E-state index in [-0.39, 0.29) is 16.4 Å². The molecule has 2 aromatic carbocycles. The van der Waals surface area contributed by atoms with Crippen LogP contribution in [0.2, 0.25) is 0 Å². The van der Waals surface area contributed by atoms with Crippen LogP contribution in [0.15, 0.2) is 64.4 Å². The van der Waals surface area contributed by atoms with Gasteiger partial charge in [0.1, 0.15) is 0 Å². The number of sulfone groups is 1. The predicted octanol–water partition coefficient (Wildman–Crippen LogP) is 2.42. The minimum atomic E-state index is -3.53. The first-order chi connectivity index (χ1) is 9.50. The smallest absolute Gasteiger partial charge is 0.316 e. The monoisotopic (exact) mass is 312 g/mol. The van der Waals surface area contributed by atoms with Crippen molar-refractivity contribution in [2.24, 2.45) is 0 Å². The molecule has 20 heavy (non-hydrogen) atoms. The molecule has 0 saturated carbocycles. The first-order valence-electron chi connectivity index (χ1n) is 5.75. The average Bonchev–Trinajstić information content (AvgIpc) is 2.46. The zero-order valence-electron chi connectivity index (χ0n) is 10.4. The summed E-state index contributed by atoms with van der Waals surface area (Å²) in [5, 5.41) is 0. The molecule has 0 saturated heterocycles. The topological polar surface area (TPSA) is 80.7 Å². The van der Waals surface area contributed by atoms with Crippen molar-refractivity contribution in [3.8, 4) is 0 Å². The molecule has 0 aliphatic carbocycles. The number of hydrogen-bond acceptors (Lipinski definition) is 4. The molecule has 1 atom stereocenters. The fourth-order valence-electron chi connectivity index (χ4n) is 1.65. The van der Waals surface area contributed by atoms with Gasteiger partial charge < -0.3 is 9.42 Å². The minimum Gasteiger partial charge on any atom is -0.326 e. The zero-order chi connectivity index (χ0) is 14.6. The van der Waals surface area contributed by atoms with Crippen LogP contribution in [0.5, 0.6) is 0 Å². The fraction of sp³-hybridized carbons (Fsp3) is 0.0769. The van der Waals surface area contributed by atoms with Crippen LogP contribution < -0.4 is 0 Å². The van der Waals surface area contributed by atoms with Gasteiger partial charge in [0.15, 0.2) is 0 Å². The van der Waals surface area contributed by atoms with Gasteiger partial charge in [-0.2, -0.15) is 0 Å². The molecule has 0 aliphatic rings. The first-order valence-corrected chi connectivity index (χ1v) is 8.49. The van der Waals surface area contributed by atoms with E-state index in [0.717, 1.165) is 0 Å². The molecule has 0 radical (unpaired) electrons. The van der Waals surface area contributed by atoms with Crippen LogP contribution >= 0.6 is 8.25 Å². The molecule has 0 amide bonds. The molecule has 7 heteroatoms. The number of rotatable bonds is 5. The van der Waals surface area contributed by atoms with E-state index in [1.54, 1.807) is 30.3 Å². The number of hydrogen-bond donors (Lipinski definition) is 1. The Hall–Kier alpha value is -1.46. The van der Waals surface area contributed by atoms with E-state index in [1.807, 2.05) is 0 Å². The molecule has 0 aromatic heterocycles. The second-order valence-corrected chi connectivity index (χ2v) is 6.79. The summed E-state index contributed by atoms with van der Waals surface area (Å²) in [5.41, 5.74) is 0.629. The molecule has 0 aliphatic heterocycles. The van der Waals surface area contributed by atoms with Crippen molar-refractivity contribution < 1.29 is 22.4 Å². The van der Waals surface area contributed by atoms with Crippen LogP contribution in [0.4, 0.5) is 0 Å². The second kappa shape index (κ2) is 6.33. The lowest BCUT2D eigenvalue weighted by Gasteiger charge is -2.06. The lowest BCUT2D eigenvalue weighted by atomic mass is 10.2. The maximum Gasteiger partial charge on any atom is 0.316 e. The Morgan fingerprint density at radius 1 is 0.950 bits per heavy atom. The van der Waals surface area contributed by atoms with Crippen LogP contribution in [0.3, 0.4) is 0 Å². The van der Waals surface area contributed by atoms with E-state index in [2.05, 4.69) is 4.52 Å². The van der Waals surface area contributed by atoms with Crippen molar-refractivity contribution in [3.63, 3.8) is 0 Å². The van der Waals surface area contributed by atoms with Gasteiger partial charge in [0.25, 0.3) is 0 Å². The molecule has 2 rings (SSSR count). The summed E-state index contributed by atoms with van der Waals surface area (Å²) in [6.45, 7) is -0.0278. The summed E-state index contributed by atoms with van der Waals surface area (Å²) in [6, 6.07) is 14.2. The van der Waals surface area contributed by atoms with Gasteiger partial charge in [-0.3, -0.25) is 4.57 Å². The van der Waals surface area contributed by atoms with Crippen LogP contribution in [-0.4, -0.2) is 13.3 Å². The van der Waals surface area contributed by atoms with E-state index in [0.29, 0.717) is 5.56 Å². The highest BCUT2D eigenvalue weighted by atomic mass is 32.2. The molecular formula is C13H13O5PS. The van der Waals surface area contributed by atoms with Gasteiger partial charge >= 0.3 is 8.25 Å². The largest absolute Gasteiger partial charge is 0.326 e. The summed E-state index contributed by atoms with van der Waals surface area (Å²) in [6.07, 6.45) is 0. The van der Waals surface area contributed by atoms with Crippen LogP contribution in [0.1, 0.15) is 5.56 Å². The lowest BCUT2D eigenvalue weighted by Crippen LogP contribution is -2.01. The Bertz CT molecular complexity index is 695. The van der Waals surface area contributed by atoms with Gasteiger partial charge in [-0.05, 0) is 29.8 Å². The highest BCUT2D eigenvalue weighted by Crippen LogP contribution is 2.22. The first kappa shape index (κ1) is 14.9. The SMILES string of the molecule is O=[PH](O)OCc1ccc(S(=O)(=O)c2ccccc2)cc1. The molecule has 106 valence electrons. The molecule has 0 fully saturated rings. The molecule has 0 bridgehead atoms. The molecule has 2 aromatic rings. The highest BCUT2D eigenvalue weighted by molar-refractivity contribution is 7.91. The van der Waals surface area contributed by atoms with Gasteiger partial charge in [-0.1, -0.05) is 30.3 Å². The molecule has 0 heterocycles. The third-order valence-electron chi connectivity index (χ3n) is 2.65. The lowest BCUT2D eigenvalue weighted by molar-refractivity contribution is 0.272. The number of benzene rings is 2. The van der Waals surface area contributed by atoms with Crippen molar-refractivity contribution in [2.45, 2.75) is 16.4 Å². The summed E-state index contributed by atoms with van der Waals surface area (Å²) in [7, 11) is -6.51. The van der Waals surface area contributed by atoms with E-state index in [1.165, 1.54) is 24.3 Å². The Morgan fingerprint density at radius 3 is 2.05 bits per heavy atom. The normalized spacial score (nSPS) is 13.1. The molecule has 5 nitrogen and oxygen atoms in total. The molecule has 1 unspecified atom stereocenters. The predicted molar refractivity (Wildman–Crippen MR) is 74.3 cm³/mol. The van der Waals surface area contributed by atoms with Crippen molar-refractivity contribution in [2.75, 3.05) is 0 Å². The second-order valence-electron chi connectivity index (χ2n) is 4.02. The van der Waals surface area contributed by atoms with Crippen molar-refractivity contribution >= 4 is 18.1 Å². The van der Waals surface area contributed by atoms with E-state index < -0.39 is 18.1 Å². The van der Waals surface area contributed by atoms with Gasteiger partial charge in [-0.25, -0.2) is 8.42 Å². The maximum absolute atomic E-state index is 12.3. The summed E-state index contributed by atoms with van der Waals surface area (Å²) in [5.74, 6) is 0. The van der Waals surface area contributed by atoms with Crippen LogP contribution in [-0.2, 0) is 25.5 Å². The zero-order valence-corrected chi connectivity index (χ0v) is 12.2. The van der Waals surface area contributed by atoms with Crippen molar-refractivity contribution in [3.05, 3.63) is 60.2 Å². The summed E-state index contributed by atoms with van der Waals surface area (Å²) in [4.78, 5) is 8.97. The van der Waals surface area contributed by atoms with E-state index in [9.17, 15) is 13.0 Å². The summed E-state index contributed by atoms with van der Waals surface area (Å²) < 4.78 is 39.6. The Labute approximate surface area is 117 Å². The highest BCUT2D eigenvalue weighted by Gasteiger charge is 2.16. The molecule has 1 N–H and O–H groups in total. The van der Waals surface area contributed by atoms with Gasteiger partial charge in [-0.15, -0.1) is 0 Å². The Kier molecular flexibility index (Phi) is 4.73. The van der Waals surface area contributed by atoms with Gasteiger partial charge in [0, 0.05) is 0 Å². The standard InChI is InChI=1S/C13H13O5PS/c14-19(15)18-10-11-6-8-13(9-7-11)20(16,17)12-4-2-1-3-5-12/h1-9,19H,10H2,(H,14,15). The molecule has 0 spiro atoms. The quantitative estimate of drug-likeness (QED) is 0.858.